The van der Waals surface area contributed by atoms with E-state index < -0.39 is 0 Å². The molecule has 190 valence electrons. The fourth-order valence-corrected chi connectivity index (χ4v) is 2.75. The number of rotatable bonds is 8. The van der Waals surface area contributed by atoms with E-state index >= 15 is 0 Å². The molecular weight excluding hydrogens is 426 g/mol. The maximum atomic E-state index is 10.7. The molecule has 2 rings (SSSR count). The number of amides is 1. The lowest BCUT2D eigenvalue weighted by atomic mass is 9.94. The van der Waals surface area contributed by atoms with Crippen molar-refractivity contribution in [2.24, 2.45) is 5.92 Å². The number of nitrogens with zero attached hydrogens (tertiary/aromatic N) is 1. The zero-order valence-electron chi connectivity index (χ0n) is 20.8. The van der Waals surface area contributed by atoms with Gasteiger partial charge in [-0.25, -0.2) is 0 Å². The second-order valence-electron chi connectivity index (χ2n) is 7.58. The molecule has 33 heavy (non-hydrogen) atoms. The second kappa shape index (κ2) is 21.6. The quantitative estimate of drug-likeness (QED) is 0.168. The van der Waals surface area contributed by atoms with Gasteiger partial charge >= 0.3 is 6.47 Å². The van der Waals surface area contributed by atoms with Crippen molar-refractivity contribution in [1.29, 1.82) is 0 Å². The highest BCUT2D eigenvalue weighted by atomic mass is 17.2. The second-order valence-corrected chi connectivity index (χ2v) is 7.58. The van der Waals surface area contributed by atoms with E-state index in [-0.39, 0.29) is 25.1 Å². The molecule has 1 heterocycles. The van der Waals surface area contributed by atoms with Crippen molar-refractivity contribution in [2.75, 3.05) is 6.61 Å². The van der Waals surface area contributed by atoms with Gasteiger partial charge in [-0.15, -0.1) is 6.58 Å². The number of allylic oxidation sites excluding steroid dienone is 3. The Morgan fingerprint density at radius 2 is 1.91 bits per heavy atom. The third-order valence-electron chi connectivity index (χ3n) is 4.82. The molecule has 1 fully saturated rings. The van der Waals surface area contributed by atoms with Gasteiger partial charge in [-0.2, -0.15) is 9.95 Å². The zero-order chi connectivity index (χ0) is 25.6. The summed E-state index contributed by atoms with van der Waals surface area (Å²) in [5.74, 6) is 0.412. The minimum atomic E-state index is -0.255. The highest BCUT2D eigenvalue weighted by Crippen LogP contribution is 2.20. The lowest BCUT2D eigenvalue weighted by Gasteiger charge is -2.18. The normalized spacial score (nSPS) is 20.4. The monoisotopic (exact) mass is 469 g/mol. The summed E-state index contributed by atoms with van der Waals surface area (Å²) in [6.45, 7) is 15.5. The molecule has 2 aliphatic rings. The molecule has 0 aromatic heterocycles. The van der Waals surface area contributed by atoms with Gasteiger partial charge in [0.15, 0.2) is 0 Å². The van der Waals surface area contributed by atoms with E-state index in [1.807, 2.05) is 39.8 Å². The van der Waals surface area contributed by atoms with E-state index in [0.29, 0.717) is 48.1 Å². The Balaban J connectivity index is 0. The van der Waals surface area contributed by atoms with Crippen molar-refractivity contribution in [3.63, 3.8) is 0 Å². The van der Waals surface area contributed by atoms with Crippen LogP contribution in [0.3, 0.4) is 0 Å². The van der Waals surface area contributed by atoms with E-state index in [4.69, 9.17) is 15.2 Å². The van der Waals surface area contributed by atoms with Crippen LogP contribution in [0.4, 0.5) is 0 Å². The van der Waals surface area contributed by atoms with Gasteiger partial charge < -0.3 is 9.99 Å². The third-order valence-corrected chi connectivity index (χ3v) is 4.82. The summed E-state index contributed by atoms with van der Waals surface area (Å²) in [6, 6.07) is 0. The Morgan fingerprint density at radius 1 is 1.24 bits per heavy atom. The lowest BCUT2D eigenvalue weighted by Crippen LogP contribution is -2.17. The van der Waals surface area contributed by atoms with Crippen molar-refractivity contribution in [2.45, 2.75) is 91.6 Å². The fraction of sp³-hybridized carbons (Fsp3) is 0.640. The summed E-state index contributed by atoms with van der Waals surface area (Å²) in [5, 5.41) is 18.3. The summed E-state index contributed by atoms with van der Waals surface area (Å²) in [7, 11) is 0. The summed E-state index contributed by atoms with van der Waals surface area (Å²) in [4.78, 5) is 40.1. The molecule has 0 radical (unpaired) electrons. The molecule has 0 aromatic rings. The van der Waals surface area contributed by atoms with Gasteiger partial charge in [0.25, 0.3) is 5.91 Å². The lowest BCUT2D eigenvalue weighted by molar-refractivity contribution is -0.278. The van der Waals surface area contributed by atoms with E-state index in [9.17, 15) is 14.4 Å². The van der Waals surface area contributed by atoms with Crippen LogP contribution < -0.4 is 0 Å². The molecule has 1 saturated heterocycles. The Bertz CT molecular complexity index is 600. The molecule has 0 bridgehead atoms. The molecule has 1 amide bonds. The van der Waals surface area contributed by atoms with Crippen LogP contribution >= 0.6 is 0 Å². The van der Waals surface area contributed by atoms with Gasteiger partial charge in [0.1, 0.15) is 11.9 Å². The average Bonchev–Trinajstić information content (AvgIpc) is 3.10. The predicted molar refractivity (Wildman–Crippen MR) is 128 cm³/mol. The van der Waals surface area contributed by atoms with Crippen LogP contribution in [-0.4, -0.2) is 46.3 Å². The molecule has 8 nitrogen and oxygen atoms in total. The third kappa shape index (κ3) is 17.9. The Kier molecular flexibility index (Phi) is 21.5. The first-order valence-electron chi connectivity index (χ1n) is 11.6. The molecule has 2 atom stereocenters. The fourth-order valence-electron chi connectivity index (χ4n) is 2.75. The van der Waals surface area contributed by atoms with Crippen LogP contribution in [0.2, 0.25) is 0 Å². The van der Waals surface area contributed by atoms with Gasteiger partial charge in [0.05, 0.1) is 0 Å². The topological polar surface area (TPSA) is 113 Å². The highest BCUT2D eigenvalue weighted by Gasteiger charge is 2.21. The number of Topliss-reactive ketones (excluding diaryl/α,β-unsaturated/α-hetero) is 1. The summed E-state index contributed by atoms with van der Waals surface area (Å²) < 4.78 is 0. The zero-order valence-corrected chi connectivity index (χ0v) is 20.8. The smallest absolute Gasteiger partial charge is 0.330 e. The molecule has 1 aliphatic heterocycles. The van der Waals surface area contributed by atoms with E-state index in [2.05, 4.69) is 18.0 Å². The maximum absolute atomic E-state index is 10.7. The van der Waals surface area contributed by atoms with Crippen LogP contribution in [0.15, 0.2) is 36.6 Å². The first-order valence-corrected chi connectivity index (χ1v) is 11.6. The summed E-state index contributed by atoms with van der Waals surface area (Å²) in [5.41, 5.74) is 1.59. The molecule has 1 aliphatic carbocycles. The van der Waals surface area contributed by atoms with Gasteiger partial charge in [-0.1, -0.05) is 45.1 Å². The highest BCUT2D eigenvalue weighted by molar-refractivity contribution is 5.79. The number of aliphatic hydroxyl groups excluding tert-OH is 1. The molecular formula is C25H43NO7. The average molecular weight is 470 g/mol. The Labute approximate surface area is 198 Å². The number of carbonyl (C=O) groups is 3. The van der Waals surface area contributed by atoms with Crippen molar-refractivity contribution < 1.29 is 34.5 Å². The molecule has 0 aromatic carbocycles. The SMILES string of the molecule is C=C(C)CCC(=O)CC.C=C1CCC(=O)N1O.CC.O=COOC1/C=C/CCC(CO)CC1. The van der Waals surface area contributed by atoms with Gasteiger partial charge in [-0.3, -0.25) is 19.6 Å². The van der Waals surface area contributed by atoms with Crippen molar-refractivity contribution in [3.8, 4) is 0 Å². The molecule has 8 heteroatoms. The number of hydrogen-bond acceptors (Lipinski definition) is 7. The summed E-state index contributed by atoms with van der Waals surface area (Å²) >= 11 is 0. The Morgan fingerprint density at radius 3 is 2.33 bits per heavy atom. The van der Waals surface area contributed by atoms with E-state index in [1.165, 1.54) is 0 Å². The van der Waals surface area contributed by atoms with Crippen molar-refractivity contribution >= 4 is 18.2 Å². The minimum absolute atomic E-state index is 0.172. The minimum Gasteiger partial charge on any atom is -0.396 e. The standard InChI is InChI=1S/C10H16O4.C8H14O.C5H7NO2.C2H6/c11-7-9-3-1-2-4-10(6-5-9)14-13-8-12;1-4-8(9)6-5-7(2)3;1-4-2-3-5(7)6(4)8;1-2/h2,4,8-11H,1,3,5-7H2;2,4-6H2,1,3H3;8H,1-3H2;1-2H3/b4-2+;;;. The molecule has 0 spiro atoms. The maximum Gasteiger partial charge on any atom is 0.330 e. The molecule has 0 saturated carbocycles. The number of hydrogen-bond donors (Lipinski definition) is 2. The van der Waals surface area contributed by atoms with Crippen LogP contribution in [0.1, 0.15) is 85.5 Å². The van der Waals surface area contributed by atoms with Crippen LogP contribution in [0.25, 0.3) is 0 Å². The predicted octanol–water partition coefficient (Wildman–Crippen LogP) is 5.06. The number of carbonyl (C=O) groups excluding carboxylic acids is 3. The van der Waals surface area contributed by atoms with Gasteiger partial charge in [-0.05, 0) is 51.4 Å². The summed E-state index contributed by atoms with van der Waals surface area (Å²) in [6.07, 6.45) is 10.5. The van der Waals surface area contributed by atoms with E-state index in [0.717, 1.165) is 37.7 Å². The van der Waals surface area contributed by atoms with E-state index in [1.54, 1.807) is 0 Å². The number of hydroxylamine groups is 2. The first kappa shape index (κ1) is 32.9. The number of ketones is 1. The van der Waals surface area contributed by atoms with Gasteiger partial charge in [0, 0.05) is 31.6 Å². The Hall–Kier alpha value is -2.29. The number of aliphatic hydroxyl groups is 1. The van der Waals surface area contributed by atoms with Crippen LogP contribution in [-0.2, 0) is 24.2 Å². The van der Waals surface area contributed by atoms with Crippen LogP contribution in [0.5, 0.6) is 0 Å². The van der Waals surface area contributed by atoms with Gasteiger partial charge in [0.2, 0.25) is 0 Å². The van der Waals surface area contributed by atoms with Crippen LogP contribution in [0, 0.1) is 5.92 Å². The van der Waals surface area contributed by atoms with Crippen molar-refractivity contribution in [1.82, 2.24) is 5.06 Å². The largest absolute Gasteiger partial charge is 0.396 e. The molecule has 2 unspecified atom stereocenters. The van der Waals surface area contributed by atoms with Crippen molar-refractivity contribution in [3.05, 3.63) is 36.6 Å². The molecule has 2 N–H and O–H groups in total. The first-order chi connectivity index (χ1) is 15.7.